The Labute approximate surface area is 112 Å². The molecule has 0 saturated heterocycles. The predicted molar refractivity (Wildman–Crippen MR) is 67.4 cm³/mol. The number of esters is 2. The molecule has 0 aromatic rings. The topological polar surface area (TPSA) is 99.1 Å². The van der Waals surface area contributed by atoms with Crippen LogP contribution in [0, 0.1) is 5.92 Å². The van der Waals surface area contributed by atoms with Crippen molar-refractivity contribution < 1.29 is 33.0 Å². The van der Waals surface area contributed by atoms with E-state index >= 15 is 0 Å². The van der Waals surface area contributed by atoms with Crippen molar-refractivity contribution in [3.63, 3.8) is 0 Å². The molecule has 0 aromatic carbocycles. The minimum absolute atomic E-state index is 0.111. The van der Waals surface area contributed by atoms with E-state index in [1.165, 1.54) is 0 Å². The quantitative estimate of drug-likeness (QED) is 0.299. The van der Waals surface area contributed by atoms with Crippen LogP contribution in [-0.4, -0.2) is 36.9 Å². The Bertz CT molecular complexity index is 334. The lowest BCUT2D eigenvalue weighted by atomic mass is 10.2. The lowest BCUT2D eigenvalue weighted by Gasteiger charge is -2.08. The van der Waals surface area contributed by atoms with Gasteiger partial charge in [-0.05, 0) is 12.8 Å². The fourth-order valence-corrected chi connectivity index (χ4v) is 1.47. The van der Waals surface area contributed by atoms with Gasteiger partial charge in [-0.3, -0.25) is 14.2 Å². The molecule has 0 bridgehead atoms. The van der Waals surface area contributed by atoms with Crippen LogP contribution in [0.3, 0.4) is 0 Å². The molecule has 1 unspecified atom stereocenters. The van der Waals surface area contributed by atoms with E-state index in [1.807, 2.05) is 0 Å². The van der Waals surface area contributed by atoms with Crippen LogP contribution in [0.4, 0.5) is 0 Å². The molecule has 0 aliphatic rings. The zero-order valence-corrected chi connectivity index (χ0v) is 12.4. The average Bonchev–Trinajstić information content (AvgIpc) is 2.26. The van der Waals surface area contributed by atoms with E-state index in [4.69, 9.17) is 4.89 Å². The normalized spacial score (nSPS) is 13.9. The minimum atomic E-state index is -3.44. The van der Waals surface area contributed by atoms with E-state index in [0.29, 0.717) is 12.8 Å². The van der Waals surface area contributed by atoms with Crippen molar-refractivity contribution in [1.82, 2.24) is 0 Å². The van der Waals surface area contributed by atoms with Gasteiger partial charge in [-0.25, -0.2) is 0 Å². The second kappa shape index (κ2) is 9.07. The number of carbonyl (C=O) groups excluding carboxylic acids is 2. The molecule has 0 aliphatic heterocycles. The van der Waals surface area contributed by atoms with E-state index in [-0.39, 0.29) is 25.7 Å². The molecule has 0 radical (unpaired) electrons. The molecule has 0 fully saturated rings. The minimum Gasteiger partial charge on any atom is -0.428 e. The van der Waals surface area contributed by atoms with Crippen LogP contribution in [0.2, 0.25) is 0 Å². The fraction of sp³-hybridized carbons (Fsp3) is 0.818. The summed E-state index contributed by atoms with van der Waals surface area (Å²) < 4.78 is 24.8. The van der Waals surface area contributed by atoms with Gasteiger partial charge in [0.25, 0.3) is 0 Å². The monoisotopic (exact) mass is 296 g/mol. The predicted octanol–water partition coefficient (Wildman–Crippen LogP) is 1.69. The average molecular weight is 296 g/mol. The number of rotatable bonds is 9. The summed E-state index contributed by atoms with van der Waals surface area (Å²) in [6, 6.07) is 0. The second-order valence-corrected chi connectivity index (χ2v) is 6.21. The first-order chi connectivity index (χ1) is 8.72. The van der Waals surface area contributed by atoms with Crippen molar-refractivity contribution >= 4 is 19.5 Å². The Morgan fingerprint density at radius 1 is 1.21 bits per heavy atom. The van der Waals surface area contributed by atoms with Gasteiger partial charge in [-0.2, -0.15) is 0 Å². The van der Waals surface area contributed by atoms with E-state index in [2.05, 4.69) is 14.0 Å². The Morgan fingerprint density at radius 3 is 2.37 bits per heavy atom. The van der Waals surface area contributed by atoms with Crippen molar-refractivity contribution in [3.05, 3.63) is 0 Å². The molecule has 1 N–H and O–H groups in total. The molecule has 0 aromatic heterocycles. The third-order valence-corrected chi connectivity index (χ3v) is 2.66. The summed E-state index contributed by atoms with van der Waals surface area (Å²) in [5.74, 6) is -1.18. The number of unbranched alkanes of at least 4 members (excludes halogenated alkanes) is 1. The fourth-order valence-electron chi connectivity index (χ4n) is 0.997. The molecule has 19 heavy (non-hydrogen) atoms. The summed E-state index contributed by atoms with van der Waals surface area (Å²) in [5, 5.41) is 0. The zero-order chi connectivity index (χ0) is 14.9. The third-order valence-electron chi connectivity index (χ3n) is 2.00. The van der Waals surface area contributed by atoms with Crippen molar-refractivity contribution in [3.8, 4) is 0 Å². The summed E-state index contributed by atoms with van der Waals surface area (Å²) in [6.45, 7) is 4.19. The summed E-state index contributed by atoms with van der Waals surface area (Å²) >= 11 is 0. The maximum absolute atomic E-state index is 11.2. The standard InChI is InChI=1S/C11H21O7P/c1-9(2)11(13)17-8-16-10(12)6-4-5-7-18-19(3,14)15/h9H,4-8H2,1-3H3,(H,14,15). The van der Waals surface area contributed by atoms with Crippen molar-refractivity contribution in [2.75, 3.05) is 20.1 Å². The summed E-state index contributed by atoms with van der Waals surface area (Å²) in [6.07, 6.45) is 1.08. The van der Waals surface area contributed by atoms with Gasteiger partial charge < -0.3 is 18.9 Å². The second-order valence-electron chi connectivity index (χ2n) is 4.35. The number of ether oxygens (including phenoxy) is 2. The lowest BCUT2D eigenvalue weighted by Crippen LogP contribution is -2.16. The smallest absolute Gasteiger partial charge is 0.325 e. The maximum Gasteiger partial charge on any atom is 0.325 e. The van der Waals surface area contributed by atoms with E-state index < -0.39 is 19.5 Å². The van der Waals surface area contributed by atoms with Crippen LogP contribution in [0.5, 0.6) is 0 Å². The van der Waals surface area contributed by atoms with E-state index in [9.17, 15) is 14.2 Å². The third kappa shape index (κ3) is 11.9. The molecule has 7 nitrogen and oxygen atoms in total. The highest BCUT2D eigenvalue weighted by molar-refractivity contribution is 7.51. The highest BCUT2D eigenvalue weighted by Gasteiger charge is 2.11. The molecular formula is C11H21O7P. The summed E-state index contributed by atoms with van der Waals surface area (Å²) in [7, 11) is -3.44. The molecular weight excluding hydrogens is 275 g/mol. The Balaban J connectivity index is 3.50. The van der Waals surface area contributed by atoms with Gasteiger partial charge in [0, 0.05) is 13.1 Å². The van der Waals surface area contributed by atoms with Gasteiger partial charge in [-0.1, -0.05) is 13.8 Å². The molecule has 0 amide bonds. The Hall–Kier alpha value is -0.910. The zero-order valence-electron chi connectivity index (χ0n) is 11.5. The van der Waals surface area contributed by atoms with Crippen molar-refractivity contribution in [2.24, 2.45) is 5.92 Å². The Kier molecular flexibility index (Phi) is 8.63. The number of carbonyl (C=O) groups is 2. The van der Waals surface area contributed by atoms with Gasteiger partial charge in [-0.15, -0.1) is 0 Å². The highest BCUT2D eigenvalue weighted by Crippen LogP contribution is 2.36. The molecule has 8 heteroatoms. The van der Waals surface area contributed by atoms with Crippen molar-refractivity contribution in [1.29, 1.82) is 0 Å². The molecule has 0 spiro atoms. The van der Waals surface area contributed by atoms with Crippen LogP contribution in [0.1, 0.15) is 33.1 Å². The number of hydrogen-bond donors (Lipinski definition) is 1. The molecule has 0 saturated carbocycles. The molecule has 0 aliphatic carbocycles. The molecule has 0 heterocycles. The maximum atomic E-state index is 11.2. The van der Waals surface area contributed by atoms with Crippen LogP contribution in [0.25, 0.3) is 0 Å². The summed E-state index contributed by atoms with van der Waals surface area (Å²) in [4.78, 5) is 31.1. The van der Waals surface area contributed by atoms with Gasteiger partial charge in [0.05, 0.1) is 12.5 Å². The summed E-state index contributed by atoms with van der Waals surface area (Å²) in [5.41, 5.74) is 0. The highest BCUT2D eigenvalue weighted by atomic mass is 31.2. The largest absolute Gasteiger partial charge is 0.428 e. The van der Waals surface area contributed by atoms with Gasteiger partial charge in [0.15, 0.2) is 0 Å². The SMILES string of the molecule is CC(C)C(=O)OCOC(=O)CCCCOP(C)(=O)O. The lowest BCUT2D eigenvalue weighted by molar-refractivity contribution is -0.169. The van der Waals surface area contributed by atoms with E-state index in [1.54, 1.807) is 13.8 Å². The van der Waals surface area contributed by atoms with Crippen LogP contribution >= 0.6 is 7.60 Å². The molecule has 1 atom stereocenters. The first-order valence-corrected chi connectivity index (χ1v) is 8.02. The molecule has 0 rings (SSSR count). The van der Waals surface area contributed by atoms with Crippen LogP contribution in [0.15, 0.2) is 0 Å². The van der Waals surface area contributed by atoms with Gasteiger partial charge in [0.1, 0.15) is 0 Å². The van der Waals surface area contributed by atoms with Crippen LogP contribution in [-0.2, 0) is 28.2 Å². The van der Waals surface area contributed by atoms with Gasteiger partial charge in [0.2, 0.25) is 6.79 Å². The Morgan fingerprint density at radius 2 is 1.84 bits per heavy atom. The van der Waals surface area contributed by atoms with Crippen LogP contribution < -0.4 is 0 Å². The first kappa shape index (κ1) is 18.1. The first-order valence-electron chi connectivity index (χ1n) is 5.99. The van der Waals surface area contributed by atoms with Crippen molar-refractivity contribution in [2.45, 2.75) is 33.1 Å². The molecule has 112 valence electrons. The van der Waals surface area contributed by atoms with E-state index in [0.717, 1.165) is 6.66 Å². The van der Waals surface area contributed by atoms with Gasteiger partial charge >= 0.3 is 19.5 Å². The number of hydrogen-bond acceptors (Lipinski definition) is 6.